The number of nitrogens with one attached hydrogen (secondary N) is 1. The molecule has 0 spiro atoms. The van der Waals surface area contributed by atoms with Gasteiger partial charge in [0.15, 0.2) is 6.61 Å². The molecular weight excluding hydrogens is 422 g/mol. The molecule has 2 aromatic carbocycles. The Morgan fingerprint density at radius 3 is 2.64 bits per heavy atom. The summed E-state index contributed by atoms with van der Waals surface area (Å²) < 4.78 is 11.3. The van der Waals surface area contributed by atoms with Gasteiger partial charge in [0.25, 0.3) is 0 Å². The van der Waals surface area contributed by atoms with E-state index in [4.69, 9.17) is 14.6 Å². The number of carboxylic acid groups (broad SMARTS) is 1. The van der Waals surface area contributed by atoms with Gasteiger partial charge in [-0.15, -0.1) is 0 Å². The van der Waals surface area contributed by atoms with Gasteiger partial charge in [-0.1, -0.05) is 18.2 Å². The van der Waals surface area contributed by atoms with Crippen LogP contribution in [0.2, 0.25) is 0 Å². The number of hydrogen-bond donors (Lipinski definition) is 2. The zero-order chi connectivity index (χ0) is 23.0. The number of carbonyl (C=O) groups excluding carboxylic acids is 1. The zero-order valence-electron chi connectivity index (χ0n) is 18.8. The second-order valence-corrected chi connectivity index (χ2v) is 8.40. The van der Waals surface area contributed by atoms with Crippen LogP contribution in [-0.2, 0) is 16.0 Å². The highest BCUT2D eigenvalue weighted by atomic mass is 16.5. The number of rotatable bonds is 10. The summed E-state index contributed by atoms with van der Waals surface area (Å²) in [7, 11) is 0. The highest BCUT2D eigenvalue weighted by Gasteiger charge is 2.20. The summed E-state index contributed by atoms with van der Waals surface area (Å²) in [5.41, 5.74) is 2.99. The van der Waals surface area contributed by atoms with Gasteiger partial charge in [-0.05, 0) is 49.6 Å². The fourth-order valence-electron chi connectivity index (χ4n) is 4.26. The van der Waals surface area contributed by atoms with Crippen LogP contribution in [-0.4, -0.2) is 67.8 Å². The maximum atomic E-state index is 11.6. The minimum Gasteiger partial charge on any atom is -0.494 e. The normalized spacial score (nSPS) is 16.1. The second-order valence-electron chi connectivity index (χ2n) is 8.40. The van der Waals surface area contributed by atoms with Crippen molar-refractivity contribution in [3.05, 3.63) is 48.0 Å². The van der Waals surface area contributed by atoms with Crippen molar-refractivity contribution in [3.8, 4) is 11.5 Å². The summed E-state index contributed by atoms with van der Waals surface area (Å²) in [5.74, 6) is 0.508. The second kappa shape index (κ2) is 11.0. The molecule has 4 rings (SSSR count). The van der Waals surface area contributed by atoms with Crippen molar-refractivity contribution in [3.63, 3.8) is 0 Å². The molecule has 1 saturated heterocycles. The topological polar surface area (TPSA) is 91.3 Å². The SMILES string of the molecule is O=C(O)COc1ccccc1N1CCN(CCCCOc2ccc3c(c2)NC(=O)CC3)CC1. The number of fused-ring (bicyclic) bond motifs is 1. The Bertz CT molecular complexity index is 972. The third-order valence-electron chi connectivity index (χ3n) is 6.04. The number of ether oxygens (including phenoxy) is 2. The van der Waals surface area contributed by atoms with E-state index in [0.717, 1.165) is 74.7 Å². The van der Waals surface area contributed by atoms with Crippen molar-refractivity contribution in [1.29, 1.82) is 0 Å². The number of para-hydroxylation sites is 2. The fraction of sp³-hybridized carbons (Fsp3) is 0.440. The number of piperazine rings is 1. The molecule has 176 valence electrons. The van der Waals surface area contributed by atoms with Crippen LogP contribution in [0, 0.1) is 0 Å². The summed E-state index contributed by atoms with van der Waals surface area (Å²) in [6.07, 6.45) is 3.36. The maximum absolute atomic E-state index is 11.6. The zero-order valence-corrected chi connectivity index (χ0v) is 18.8. The first kappa shape index (κ1) is 22.9. The van der Waals surface area contributed by atoms with Crippen LogP contribution in [0.1, 0.15) is 24.8 Å². The molecule has 0 bridgehead atoms. The number of hydrogen-bond acceptors (Lipinski definition) is 6. The van der Waals surface area contributed by atoms with Gasteiger partial charge in [0.1, 0.15) is 11.5 Å². The van der Waals surface area contributed by atoms with E-state index in [1.807, 2.05) is 42.5 Å². The molecule has 2 aliphatic heterocycles. The highest BCUT2D eigenvalue weighted by molar-refractivity contribution is 5.94. The molecular formula is C25H31N3O5. The Morgan fingerprint density at radius 2 is 1.82 bits per heavy atom. The van der Waals surface area contributed by atoms with Crippen molar-refractivity contribution in [1.82, 2.24) is 4.90 Å². The van der Waals surface area contributed by atoms with Gasteiger partial charge in [-0.2, -0.15) is 0 Å². The van der Waals surface area contributed by atoms with E-state index in [1.54, 1.807) is 0 Å². The average molecular weight is 454 g/mol. The van der Waals surface area contributed by atoms with Crippen LogP contribution in [0.3, 0.4) is 0 Å². The van der Waals surface area contributed by atoms with Gasteiger partial charge in [-0.3, -0.25) is 9.69 Å². The quantitative estimate of drug-likeness (QED) is 0.535. The molecule has 2 aromatic rings. The molecule has 0 saturated carbocycles. The van der Waals surface area contributed by atoms with E-state index in [9.17, 15) is 9.59 Å². The van der Waals surface area contributed by atoms with Crippen LogP contribution >= 0.6 is 0 Å². The van der Waals surface area contributed by atoms with Gasteiger partial charge in [0.2, 0.25) is 5.91 Å². The number of nitrogens with zero attached hydrogens (tertiary/aromatic N) is 2. The standard InChI is InChI=1S/C25H31N3O5/c29-24-10-8-19-7-9-20(17-21(19)26-24)32-16-4-3-11-27-12-14-28(15-13-27)22-5-1-2-6-23(22)33-18-25(30)31/h1-2,5-7,9,17H,3-4,8,10-16,18H2,(H,26,29)(H,30,31). The lowest BCUT2D eigenvalue weighted by Gasteiger charge is -2.36. The minimum absolute atomic E-state index is 0.0658. The predicted octanol–water partition coefficient (Wildman–Crippen LogP) is 3.02. The van der Waals surface area contributed by atoms with Crippen molar-refractivity contribution in [2.75, 3.05) is 56.2 Å². The Balaban J connectivity index is 1.16. The lowest BCUT2D eigenvalue weighted by Crippen LogP contribution is -2.46. The minimum atomic E-state index is -0.975. The smallest absolute Gasteiger partial charge is 0.341 e. The largest absolute Gasteiger partial charge is 0.494 e. The van der Waals surface area contributed by atoms with Crippen LogP contribution in [0.15, 0.2) is 42.5 Å². The molecule has 8 heteroatoms. The summed E-state index contributed by atoms with van der Waals surface area (Å²) in [5, 5.41) is 11.8. The van der Waals surface area contributed by atoms with Crippen LogP contribution in [0.4, 0.5) is 11.4 Å². The Morgan fingerprint density at radius 1 is 1.00 bits per heavy atom. The molecule has 0 atom stereocenters. The Kier molecular flexibility index (Phi) is 7.67. The third-order valence-corrected chi connectivity index (χ3v) is 6.04. The average Bonchev–Trinajstić information content (AvgIpc) is 2.83. The summed E-state index contributed by atoms with van der Waals surface area (Å²) in [4.78, 5) is 27.1. The van der Waals surface area contributed by atoms with E-state index in [-0.39, 0.29) is 12.5 Å². The molecule has 0 aliphatic carbocycles. The molecule has 2 aliphatic rings. The third kappa shape index (κ3) is 6.38. The molecule has 1 fully saturated rings. The van der Waals surface area contributed by atoms with Gasteiger partial charge < -0.3 is 24.8 Å². The van der Waals surface area contributed by atoms with E-state index in [1.165, 1.54) is 0 Å². The fourth-order valence-corrected chi connectivity index (χ4v) is 4.26. The summed E-state index contributed by atoms with van der Waals surface area (Å²) in [6, 6.07) is 13.5. The van der Waals surface area contributed by atoms with Crippen LogP contribution in [0.5, 0.6) is 11.5 Å². The number of amides is 1. The Hall–Kier alpha value is -3.26. The molecule has 2 N–H and O–H groups in total. The highest BCUT2D eigenvalue weighted by Crippen LogP contribution is 2.29. The first-order chi connectivity index (χ1) is 16.1. The van der Waals surface area contributed by atoms with Gasteiger partial charge in [-0.25, -0.2) is 4.79 Å². The van der Waals surface area contributed by atoms with E-state index >= 15 is 0 Å². The lowest BCUT2D eigenvalue weighted by atomic mass is 10.0. The number of benzene rings is 2. The Labute approximate surface area is 194 Å². The summed E-state index contributed by atoms with van der Waals surface area (Å²) >= 11 is 0. The number of unbranched alkanes of at least 4 members (excludes halogenated alkanes) is 1. The number of carbonyl (C=O) groups is 2. The van der Waals surface area contributed by atoms with Crippen LogP contribution in [0.25, 0.3) is 0 Å². The molecule has 0 radical (unpaired) electrons. The first-order valence-corrected chi connectivity index (χ1v) is 11.5. The number of carboxylic acids is 1. The van der Waals surface area contributed by atoms with Gasteiger partial charge in [0.05, 0.1) is 12.3 Å². The van der Waals surface area contributed by atoms with E-state index in [0.29, 0.717) is 18.8 Å². The molecule has 2 heterocycles. The van der Waals surface area contributed by atoms with Crippen LogP contribution < -0.4 is 19.7 Å². The van der Waals surface area contributed by atoms with Crippen molar-refractivity contribution < 1.29 is 24.2 Å². The number of aliphatic carboxylic acids is 1. The van der Waals surface area contributed by atoms with E-state index in [2.05, 4.69) is 15.1 Å². The van der Waals surface area contributed by atoms with Gasteiger partial charge in [0, 0.05) is 44.4 Å². The van der Waals surface area contributed by atoms with E-state index < -0.39 is 5.97 Å². The van der Waals surface area contributed by atoms with Crippen molar-refractivity contribution >= 4 is 23.3 Å². The monoisotopic (exact) mass is 453 g/mol. The number of aryl methyl sites for hydroxylation is 1. The molecule has 0 unspecified atom stereocenters. The molecule has 33 heavy (non-hydrogen) atoms. The molecule has 1 amide bonds. The lowest BCUT2D eigenvalue weighted by molar-refractivity contribution is -0.139. The van der Waals surface area contributed by atoms with Gasteiger partial charge >= 0.3 is 5.97 Å². The predicted molar refractivity (Wildman–Crippen MR) is 126 cm³/mol. The molecule has 0 aromatic heterocycles. The van der Waals surface area contributed by atoms with Crippen molar-refractivity contribution in [2.45, 2.75) is 25.7 Å². The molecule has 8 nitrogen and oxygen atoms in total. The summed E-state index contributed by atoms with van der Waals surface area (Å²) in [6.45, 7) is 5.02. The maximum Gasteiger partial charge on any atom is 0.341 e. The number of anilines is 2. The first-order valence-electron chi connectivity index (χ1n) is 11.5. The van der Waals surface area contributed by atoms with Crippen molar-refractivity contribution in [2.24, 2.45) is 0 Å².